The Morgan fingerprint density at radius 3 is 3.07 bits per heavy atom. The van der Waals surface area contributed by atoms with Crippen LogP contribution in [0.5, 0.6) is 0 Å². The van der Waals surface area contributed by atoms with Crippen LogP contribution in [-0.4, -0.2) is 50.5 Å². The van der Waals surface area contributed by atoms with Crippen molar-refractivity contribution < 1.29 is 14.6 Å². The van der Waals surface area contributed by atoms with Crippen molar-refractivity contribution in [3.05, 3.63) is 0 Å². The molecule has 88 valence electrons. The van der Waals surface area contributed by atoms with E-state index in [9.17, 15) is 4.79 Å². The first-order valence-electron chi connectivity index (χ1n) is 5.51. The maximum atomic E-state index is 11.6. The number of ether oxygens (including phenoxy) is 1. The van der Waals surface area contributed by atoms with Crippen molar-refractivity contribution in [2.24, 2.45) is 5.92 Å². The highest BCUT2D eigenvalue weighted by Gasteiger charge is 2.19. The molecule has 1 heterocycles. The number of hydrogen-bond donors (Lipinski definition) is 3. The van der Waals surface area contributed by atoms with Crippen molar-refractivity contribution in [2.75, 3.05) is 39.5 Å². The van der Waals surface area contributed by atoms with Gasteiger partial charge in [0.05, 0.1) is 25.7 Å². The van der Waals surface area contributed by atoms with Crippen LogP contribution in [0.1, 0.15) is 12.8 Å². The monoisotopic (exact) mass is 216 g/mol. The molecule has 0 aromatic carbocycles. The SMILES string of the molecule is O=C(NCCOCCO)[C@@H]1CCCNC1. The molecule has 3 N–H and O–H groups in total. The Morgan fingerprint density at radius 1 is 1.53 bits per heavy atom. The fraction of sp³-hybridized carbons (Fsp3) is 0.900. The van der Waals surface area contributed by atoms with E-state index < -0.39 is 0 Å². The Kier molecular flexibility index (Phi) is 6.31. The minimum Gasteiger partial charge on any atom is -0.394 e. The lowest BCUT2D eigenvalue weighted by Crippen LogP contribution is -2.41. The molecule has 1 fully saturated rings. The summed E-state index contributed by atoms with van der Waals surface area (Å²) in [4.78, 5) is 11.6. The molecular formula is C10H20N2O3. The number of carbonyl (C=O) groups is 1. The Balaban J connectivity index is 2.02. The number of amides is 1. The third kappa shape index (κ3) is 5.11. The average molecular weight is 216 g/mol. The maximum absolute atomic E-state index is 11.6. The zero-order valence-corrected chi connectivity index (χ0v) is 9.00. The topological polar surface area (TPSA) is 70.6 Å². The molecule has 0 unspecified atom stereocenters. The van der Waals surface area contributed by atoms with E-state index in [1.807, 2.05) is 0 Å². The minimum absolute atomic E-state index is 0.0283. The van der Waals surface area contributed by atoms with Gasteiger partial charge in [0.1, 0.15) is 0 Å². The van der Waals surface area contributed by atoms with Gasteiger partial charge in [0.25, 0.3) is 0 Å². The molecule has 1 atom stereocenters. The van der Waals surface area contributed by atoms with Crippen LogP contribution in [0.25, 0.3) is 0 Å². The molecule has 0 aromatic rings. The number of hydrogen-bond acceptors (Lipinski definition) is 4. The largest absolute Gasteiger partial charge is 0.394 e. The van der Waals surface area contributed by atoms with Crippen LogP contribution < -0.4 is 10.6 Å². The van der Waals surface area contributed by atoms with E-state index in [0.29, 0.717) is 19.8 Å². The summed E-state index contributed by atoms with van der Waals surface area (Å²) >= 11 is 0. The van der Waals surface area contributed by atoms with Gasteiger partial charge in [-0.05, 0) is 19.4 Å². The second kappa shape index (κ2) is 7.62. The molecule has 0 aliphatic carbocycles. The number of nitrogens with one attached hydrogen (secondary N) is 2. The molecule has 1 amide bonds. The zero-order valence-electron chi connectivity index (χ0n) is 9.00. The van der Waals surface area contributed by atoms with Crippen LogP contribution in [0, 0.1) is 5.92 Å². The van der Waals surface area contributed by atoms with Crippen LogP contribution >= 0.6 is 0 Å². The summed E-state index contributed by atoms with van der Waals surface area (Å²) in [5.41, 5.74) is 0. The number of aliphatic hydroxyl groups is 1. The molecule has 0 spiro atoms. The Morgan fingerprint density at radius 2 is 2.40 bits per heavy atom. The standard InChI is InChI=1S/C10H20N2O3/c13-5-7-15-6-4-12-10(14)9-2-1-3-11-8-9/h9,11,13H,1-8H2,(H,12,14)/t9-/m1/s1. The normalized spacial score (nSPS) is 21.3. The summed E-state index contributed by atoms with van der Waals surface area (Å²) in [5.74, 6) is 0.214. The van der Waals surface area contributed by atoms with Gasteiger partial charge in [-0.1, -0.05) is 0 Å². The predicted molar refractivity (Wildman–Crippen MR) is 56.5 cm³/mol. The smallest absolute Gasteiger partial charge is 0.224 e. The van der Waals surface area contributed by atoms with Crippen LogP contribution in [0.2, 0.25) is 0 Å². The number of piperidine rings is 1. The number of carbonyl (C=O) groups excluding carboxylic acids is 1. The zero-order chi connectivity index (χ0) is 10.9. The van der Waals surface area contributed by atoms with Gasteiger partial charge in [0.2, 0.25) is 5.91 Å². The molecule has 1 rings (SSSR count). The molecule has 1 aliphatic rings. The molecule has 1 saturated heterocycles. The summed E-state index contributed by atoms with van der Waals surface area (Å²) in [6, 6.07) is 0. The molecule has 15 heavy (non-hydrogen) atoms. The van der Waals surface area contributed by atoms with Gasteiger partial charge in [-0.2, -0.15) is 0 Å². The van der Waals surface area contributed by atoms with E-state index in [1.54, 1.807) is 0 Å². The van der Waals surface area contributed by atoms with Crippen LogP contribution in [0.15, 0.2) is 0 Å². The molecule has 1 aliphatic heterocycles. The summed E-state index contributed by atoms with van der Waals surface area (Å²) in [5, 5.41) is 14.5. The van der Waals surface area contributed by atoms with Gasteiger partial charge < -0.3 is 20.5 Å². The number of aliphatic hydroxyl groups excluding tert-OH is 1. The lowest BCUT2D eigenvalue weighted by atomic mass is 9.99. The maximum Gasteiger partial charge on any atom is 0.224 e. The van der Waals surface area contributed by atoms with E-state index >= 15 is 0 Å². The first-order valence-corrected chi connectivity index (χ1v) is 5.51. The highest BCUT2D eigenvalue weighted by molar-refractivity contribution is 5.78. The molecule has 0 saturated carbocycles. The molecule has 0 radical (unpaired) electrons. The van der Waals surface area contributed by atoms with Crippen LogP contribution in [0.3, 0.4) is 0 Å². The first kappa shape index (κ1) is 12.4. The fourth-order valence-electron chi connectivity index (χ4n) is 1.63. The van der Waals surface area contributed by atoms with Crippen molar-refractivity contribution in [1.82, 2.24) is 10.6 Å². The van der Waals surface area contributed by atoms with E-state index in [-0.39, 0.29) is 18.4 Å². The van der Waals surface area contributed by atoms with Crippen molar-refractivity contribution in [2.45, 2.75) is 12.8 Å². The third-order valence-electron chi connectivity index (χ3n) is 2.45. The molecule has 5 nitrogen and oxygen atoms in total. The predicted octanol–water partition coefficient (Wildman–Crippen LogP) is -0.889. The van der Waals surface area contributed by atoms with Gasteiger partial charge in [0, 0.05) is 13.1 Å². The van der Waals surface area contributed by atoms with E-state index in [1.165, 1.54) is 0 Å². The summed E-state index contributed by atoms with van der Waals surface area (Å²) in [6.07, 6.45) is 2.04. The number of rotatable bonds is 6. The van der Waals surface area contributed by atoms with Crippen LogP contribution in [0.4, 0.5) is 0 Å². The van der Waals surface area contributed by atoms with Crippen molar-refractivity contribution in [3.63, 3.8) is 0 Å². The van der Waals surface area contributed by atoms with Crippen LogP contribution in [-0.2, 0) is 9.53 Å². The second-order valence-corrected chi connectivity index (χ2v) is 3.67. The van der Waals surface area contributed by atoms with E-state index in [2.05, 4.69) is 10.6 Å². The van der Waals surface area contributed by atoms with E-state index in [0.717, 1.165) is 25.9 Å². The van der Waals surface area contributed by atoms with E-state index in [4.69, 9.17) is 9.84 Å². The highest BCUT2D eigenvalue weighted by atomic mass is 16.5. The Bertz CT molecular complexity index is 182. The Labute approximate surface area is 90.2 Å². The van der Waals surface area contributed by atoms with Gasteiger partial charge >= 0.3 is 0 Å². The van der Waals surface area contributed by atoms with Gasteiger partial charge in [-0.15, -0.1) is 0 Å². The molecule has 0 bridgehead atoms. The Hall–Kier alpha value is -0.650. The molecule has 0 aromatic heterocycles. The van der Waals surface area contributed by atoms with Crippen molar-refractivity contribution in [3.8, 4) is 0 Å². The van der Waals surface area contributed by atoms with Gasteiger partial charge in [0.15, 0.2) is 0 Å². The molecule has 5 heteroatoms. The molecular weight excluding hydrogens is 196 g/mol. The van der Waals surface area contributed by atoms with Crippen molar-refractivity contribution in [1.29, 1.82) is 0 Å². The summed E-state index contributed by atoms with van der Waals surface area (Å²) in [7, 11) is 0. The highest BCUT2D eigenvalue weighted by Crippen LogP contribution is 2.09. The minimum atomic E-state index is 0.0283. The lowest BCUT2D eigenvalue weighted by Gasteiger charge is -2.21. The summed E-state index contributed by atoms with van der Waals surface area (Å²) in [6.45, 7) is 3.15. The van der Waals surface area contributed by atoms with Crippen molar-refractivity contribution >= 4 is 5.91 Å². The average Bonchev–Trinajstić information content (AvgIpc) is 2.30. The first-order chi connectivity index (χ1) is 7.34. The van der Waals surface area contributed by atoms with Gasteiger partial charge in [-0.25, -0.2) is 0 Å². The second-order valence-electron chi connectivity index (χ2n) is 3.67. The lowest BCUT2D eigenvalue weighted by molar-refractivity contribution is -0.125. The van der Waals surface area contributed by atoms with Gasteiger partial charge in [-0.3, -0.25) is 4.79 Å². The quantitative estimate of drug-likeness (QED) is 0.504. The fourth-order valence-corrected chi connectivity index (χ4v) is 1.63. The summed E-state index contributed by atoms with van der Waals surface area (Å²) < 4.78 is 5.04. The third-order valence-corrected chi connectivity index (χ3v) is 2.45.